The number of esters is 1. The van der Waals surface area contributed by atoms with Crippen LogP contribution in [0.25, 0.3) is 0 Å². The molecule has 1 aliphatic rings. The molecule has 2 heterocycles. The summed E-state index contributed by atoms with van der Waals surface area (Å²) in [6.45, 7) is 3.18. The molecule has 1 aromatic heterocycles. The van der Waals surface area contributed by atoms with Crippen LogP contribution in [0, 0.1) is 5.41 Å². The van der Waals surface area contributed by atoms with Crippen LogP contribution in [0.1, 0.15) is 37.3 Å². The molecule has 0 radical (unpaired) electrons. The van der Waals surface area contributed by atoms with E-state index in [0.717, 1.165) is 17.5 Å². The smallest absolute Gasteiger partial charge is 0.314 e. The number of piperidine rings is 1. The minimum absolute atomic E-state index is 0.0633. The van der Waals surface area contributed by atoms with Crippen LogP contribution in [-0.4, -0.2) is 46.3 Å². The van der Waals surface area contributed by atoms with Gasteiger partial charge in [0.25, 0.3) is 0 Å². The Morgan fingerprint density at radius 1 is 1.31 bits per heavy atom. The Labute approximate surface area is 176 Å². The Balaban J connectivity index is 1.73. The standard InChI is InChI=1S/C22H28ClN3O3/c1-3-29-21(28)22(13-17-6-4-7-19(23)12-17)10-5-11-26(16-22)20(27)9-8-18-14-24-25(2)15-18/h4,6-7,12,14-15H,3,5,8-11,13,16H2,1-2H3. The maximum absolute atomic E-state index is 13.0. The van der Waals surface area contributed by atoms with E-state index in [9.17, 15) is 9.59 Å². The second-order valence-electron chi connectivity index (χ2n) is 7.75. The van der Waals surface area contributed by atoms with Gasteiger partial charge in [0.05, 0.1) is 18.2 Å². The SMILES string of the molecule is CCOC(=O)C1(Cc2cccc(Cl)c2)CCCN(C(=O)CCc2cnn(C)c2)C1. The van der Waals surface area contributed by atoms with Crippen LogP contribution in [0.3, 0.4) is 0 Å². The first-order valence-electron chi connectivity index (χ1n) is 10.1. The highest BCUT2D eigenvalue weighted by Gasteiger charge is 2.44. The van der Waals surface area contributed by atoms with Crippen LogP contribution < -0.4 is 0 Å². The molecule has 0 bridgehead atoms. The number of aromatic nitrogens is 2. The van der Waals surface area contributed by atoms with E-state index in [2.05, 4.69) is 5.10 Å². The van der Waals surface area contributed by atoms with E-state index in [1.165, 1.54) is 0 Å². The minimum atomic E-state index is -0.733. The molecule has 1 amide bonds. The molecule has 1 fully saturated rings. The van der Waals surface area contributed by atoms with Crippen LogP contribution in [0.2, 0.25) is 5.02 Å². The number of amides is 1. The first-order valence-corrected chi connectivity index (χ1v) is 10.5. The molecule has 29 heavy (non-hydrogen) atoms. The first-order chi connectivity index (χ1) is 13.9. The van der Waals surface area contributed by atoms with Crippen LogP contribution in [0.15, 0.2) is 36.7 Å². The van der Waals surface area contributed by atoms with E-state index < -0.39 is 5.41 Å². The van der Waals surface area contributed by atoms with E-state index >= 15 is 0 Å². The summed E-state index contributed by atoms with van der Waals surface area (Å²) in [6.07, 6.45) is 6.74. The third-order valence-electron chi connectivity index (χ3n) is 5.46. The van der Waals surface area contributed by atoms with E-state index in [4.69, 9.17) is 16.3 Å². The summed E-state index contributed by atoms with van der Waals surface area (Å²) in [7, 11) is 1.86. The zero-order valence-electron chi connectivity index (χ0n) is 17.1. The van der Waals surface area contributed by atoms with Crippen molar-refractivity contribution in [1.82, 2.24) is 14.7 Å². The Kier molecular flexibility index (Phi) is 6.96. The molecule has 1 unspecified atom stereocenters. The lowest BCUT2D eigenvalue weighted by Gasteiger charge is -2.41. The molecule has 1 aliphatic heterocycles. The van der Waals surface area contributed by atoms with Gasteiger partial charge in [-0.3, -0.25) is 14.3 Å². The number of hydrogen-bond acceptors (Lipinski definition) is 4. The Morgan fingerprint density at radius 3 is 2.83 bits per heavy atom. The van der Waals surface area contributed by atoms with Gasteiger partial charge in [0.2, 0.25) is 5.91 Å². The second kappa shape index (κ2) is 9.44. The fraction of sp³-hybridized carbons (Fsp3) is 0.500. The van der Waals surface area contributed by atoms with Crippen LogP contribution >= 0.6 is 11.6 Å². The molecule has 1 atom stereocenters. The molecule has 6 nitrogen and oxygen atoms in total. The lowest BCUT2D eigenvalue weighted by atomic mass is 9.75. The van der Waals surface area contributed by atoms with E-state index in [1.807, 2.05) is 49.3 Å². The average Bonchev–Trinajstić information content (AvgIpc) is 3.11. The maximum atomic E-state index is 13.0. The summed E-state index contributed by atoms with van der Waals surface area (Å²) in [5.74, 6) is -0.168. The van der Waals surface area contributed by atoms with Crippen molar-refractivity contribution < 1.29 is 14.3 Å². The first kappa shape index (κ1) is 21.4. The van der Waals surface area contributed by atoms with Crippen molar-refractivity contribution in [1.29, 1.82) is 0 Å². The molecule has 0 saturated carbocycles. The Bertz CT molecular complexity index is 866. The number of carbonyl (C=O) groups excluding carboxylic acids is 2. The van der Waals surface area contributed by atoms with Crippen LogP contribution in [0.5, 0.6) is 0 Å². The van der Waals surface area contributed by atoms with E-state index in [-0.39, 0.29) is 11.9 Å². The molecular formula is C22H28ClN3O3. The van der Waals surface area contributed by atoms with Gasteiger partial charge in [0.15, 0.2) is 0 Å². The van der Waals surface area contributed by atoms with Crippen molar-refractivity contribution >= 4 is 23.5 Å². The highest BCUT2D eigenvalue weighted by atomic mass is 35.5. The molecule has 0 spiro atoms. The number of benzene rings is 1. The molecule has 0 N–H and O–H groups in total. The summed E-state index contributed by atoms with van der Waals surface area (Å²) in [6, 6.07) is 7.55. The molecule has 1 saturated heterocycles. The highest BCUT2D eigenvalue weighted by molar-refractivity contribution is 6.30. The zero-order chi connectivity index (χ0) is 20.9. The minimum Gasteiger partial charge on any atom is -0.466 e. The number of halogens is 1. The number of likely N-dealkylation sites (tertiary alicyclic amines) is 1. The molecular weight excluding hydrogens is 390 g/mol. The van der Waals surface area contributed by atoms with Crippen LogP contribution in [-0.2, 0) is 34.2 Å². The Morgan fingerprint density at radius 2 is 2.14 bits per heavy atom. The van der Waals surface area contributed by atoms with Gasteiger partial charge in [0.1, 0.15) is 0 Å². The fourth-order valence-electron chi connectivity index (χ4n) is 4.06. The number of ether oxygens (including phenoxy) is 1. The topological polar surface area (TPSA) is 64.4 Å². The van der Waals surface area contributed by atoms with Gasteiger partial charge >= 0.3 is 5.97 Å². The third-order valence-corrected chi connectivity index (χ3v) is 5.69. The summed E-state index contributed by atoms with van der Waals surface area (Å²) >= 11 is 6.14. The van der Waals surface area contributed by atoms with E-state index in [0.29, 0.717) is 50.4 Å². The maximum Gasteiger partial charge on any atom is 0.314 e. The quantitative estimate of drug-likeness (QED) is 0.647. The molecule has 156 valence electrons. The van der Waals surface area contributed by atoms with Gasteiger partial charge in [-0.15, -0.1) is 0 Å². The van der Waals surface area contributed by atoms with Crippen molar-refractivity contribution in [3.8, 4) is 0 Å². The Hall–Kier alpha value is -2.34. The van der Waals surface area contributed by atoms with Gasteiger partial charge in [0, 0.05) is 37.8 Å². The van der Waals surface area contributed by atoms with Crippen molar-refractivity contribution in [2.24, 2.45) is 12.5 Å². The van der Waals surface area contributed by atoms with E-state index in [1.54, 1.807) is 10.9 Å². The van der Waals surface area contributed by atoms with Gasteiger partial charge in [-0.1, -0.05) is 23.7 Å². The predicted octanol–water partition coefficient (Wildman–Crippen LogP) is 3.42. The zero-order valence-corrected chi connectivity index (χ0v) is 17.8. The molecule has 0 aliphatic carbocycles. The number of nitrogens with zero attached hydrogens (tertiary/aromatic N) is 3. The molecule has 1 aromatic carbocycles. The number of aryl methyl sites for hydroxylation is 2. The van der Waals surface area contributed by atoms with Crippen molar-refractivity contribution in [2.45, 2.75) is 39.0 Å². The summed E-state index contributed by atoms with van der Waals surface area (Å²) in [5, 5.41) is 4.79. The van der Waals surface area contributed by atoms with Crippen molar-refractivity contribution in [2.75, 3.05) is 19.7 Å². The van der Waals surface area contributed by atoms with Crippen LogP contribution in [0.4, 0.5) is 0 Å². The lowest BCUT2D eigenvalue weighted by Crippen LogP contribution is -2.51. The molecule has 7 heteroatoms. The third kappa shape index (κ3) is 5.38. The number of hydrogen-bond donors (Lipinski definition) is 0. The highest BCUT2D eigenvalue weighted by Crippen LogP contribution is 2.36. The van der Waals surface area contributed by atoms with Gasteiger partial charge < -0.3 is 9.64 Å². The molecule has 3 rings (SSSR count). The number of carbonyl (C=O) groups is 2. The molecule has 2 aromatic rings. The second-order valence-corrected chi connectivity index (χ2v) is 8.19. The average molecular weight is 418 g/mol. The van der Waals surface area contributed by atoms with Crippen molar-refractivity contribution in [3.05, 3.63) is 52.8 Å². The summed E-state index contributed by atoms with van der Waals surface area (Å²) in [5.41, 5.74) is 1.28. The normalized spacial score (nSPS) is 19.2. The monoisotopic (exact) mass is 417 g/mol. The number of rotatable bonds is 7. The van der Waals surface area contributed by atoms with Gasteiger partial charge in [-0.25, -0.2) is 0 Å². The largest absolute Gasteiger partial charge is 0.466 e. The van der Waals surface area contributed by atoms with Gasteiger partial charge in [-0.2, -0.15) is 5.10 Å². The van der Waals surface area contributed by atoms with Gasteiger partial charge in [-0.05, 0) is 55.9 Å². The lowest BCUT2D eigenvalue weighted by molar-refractivity contribution is -0.160. The predicted molar refractivity (Wildman–Crippen MR) is 112 cm³/mol. The summed E-state index contributed by atoms with van der Waals surface area (Å²) in [4.78, 5) is 27.7. The summed E-state index contributed by atoms with van der Waals surface area (Å²) < 4.78 is 7.16. The fourth-order valence-corrected chi connectivity index (χ4v) is 4.27. The van der Waals surface area contributed by atoms with Crippen molar-refractivity contribution in [3.63, 3.8) is 0 Å².